The lowest BCUT2D eigenvalue weighted by atomic mass is 10.0. The van der Waals surface area contributed by atoms with Gasteiger partial charge >= 0.3 is 6.03 Å². The highest BCUT2D eigenvalue weighted by molar-refractivity contribution is 5.73. The van der Waals surface area contributed by atoms with Gasteiger partial charge in [0, 0.05) is 6.54 Å². The van der Waals surface area contributed by atoms with Gasteiger partial charge in [-0.1, -0.05) is 25.0 Å². The molecule has 5 heteroatoms. The van der Waals surface area contributed by atoms with Crippen LogP contribution >= 0.6 is 0 Å². The summed E-state index contributed by atoms with van der Waals surface area (Å²) in [4.78, 5) is 11.8. The average Bonchev–Trinajstić information content (AvgIpc) is 2.90. The molecule has 1 saturated carbocycles. The Balaban J connectivity index is 1.67. The van der Waals surface area contributed by atoms with Crippen LogP contribution in [0.15, 0.2) is 24.3 Å². The molecular formula is C17H26N2O3. The van der Waals surface area contributed by atoms with E-state index >= 15 is 0 Å². The fraction of sp³-hybridized carbons (Fsp3) is 0.588. The van der Waals surface area contributed by atoms with Crippen LogP contribution in [0.4, 0.5) is 4.79 Å². The van der Waals surface area contributed by atoms with Crippen LogP contribution in [0.5, 0.6) is 5.75 Å². The third kappa shape index (κ3) is 5.22. The maximum atomic E-state index is 11.8. The van der Waals surface area contributed by atoms with Gasteiger partial charge in [-0.05, 0) is 44.4 Å². The molecule has 0 radical (unpaired) electrons. The molecule has 5 nitrogen and oxygen atoms in total. The van der Waals surface area contributed by atoms with Gasteiger partial charge in [-0.3, -0.25) is 0 Å². The van der Waals surface area contributed by atoms with Crippen LogP contribution in [0, 0.1) is 6.92 Å². The molecule has 1 atom stereocenters. The number of hydrogen-bond acceptors (Lipinski definition) is 3. The van der Waals surface area contributed by atoms with Crippen molar-refractivity contribution in [1.82, 2.24) is 10.6 Å². The Hall–Kier alpha value is -1.75. The van der Waals surface area contributed by atoms with Crippen LogP contribution in [0.25, 0.3) is 0 Å². The molecule has 0 heterocycles. The third-order valence-electron chi connectivity index (χ3n) is 3.99. The van der Waals surface area contributed by atoms with Crippen molar-refractivity contribution in [1.29, 1.82) is 0 Å². The lowest BCUT2D eigenvalue weighted by Crippen LogP contribution is -2.46. The molecule has 1 unspecified atom stereocenters. The predicted molar refractivity (Wildman–Crippen MR) is 86.1 cm³/mol. The zero-order chi connectivity index (χ0) is 16.0. The number of aryl methyl sites for hydroxylation is 1. The van der Waals surface area contributed by atoms with Crippen LogP contribution < -0.4 is 15.4 Å². The van der Waals surface area contributed by atoms with Crippen molar-refractivity contribution in [2.45, 2.75) is 51.2 Å². The molecule has 0 spiro atoms. The summed E-state index contributed by atoms with van der Waals surface area (Å²) in [6, 6.07) is 7.56. The van der Waals surface area contributed by atoms with E-state index in [4.69, 9.17) is 4.74 Å². The van der Waals surface area contributed by atoms with Gasteiger partial charge in [-0.15, -0.1) is 0 Å². The van der Waals surface area contributed by atoms with Gasteiger partial charge in [0.1, 0.15) is 11.9 Å². The summed E-state index contributed by atoms with van der Waals surface area (Å²) < 4.78 is 5.75. The van der Waals surface area contributed by atoms with Crippen molar-refractivity contribution in [3.63, 3.8) is 0 Å². The molecule has 3 N–H and O–H groups in total. The molecule has 122 valence electrons. The van der Waals surface area contributed by atoms with Gasteiger partial charge in [-0.25, -0.2) is 4.79 Å². The monoisotopic (exact) mass is 306 g/mol. The van der Waals surface area contributed by atoms with Gasteiger partial charge in [0.05, 0.1) is 12.1 Å². The maximum Gasteiger partial charge on any atom is 0.315 e. The van der Waals surface area contributed by atoms with E-state index in [1.54, 1.807) is 0 Å². The second kappa shape index (κ2) is 7.49. The highest BCUT2D eigenvalue weighted by Gasteiger charge is 2.31. The first-order chi connectivity index (χ1) is 10.5. The topological polar surface area (TPSA) is 70.6 Å². The van der Waals surface area contributed by atoms with E-state index in [0.717, 1.165) is 37.0 Å². The fourth-order valence-corrected chi connectivity index (χ4v) is 2.72. The van der Waals surface area contributed by atoms with Gasteiger partial charge in [-0.2, -0.15) is 0 Å². The van der Waals surface area contributed by atoms with Crippen molar-refractivity contribution in [3.8, 4) is 5.75 Å². The summed E-state index contributed by atoms with van der Waals surface area (Å²) in [5, 5.41) is 15.7. The Morgan fingerprint density at radius 3 is 2.77 bits per heavy atom. The van der Waals surface area contributed by atoms with Crippen LogP contribution in [0.3, 0.4) is 0 Å². The summed E-state index contributed by atoms with van der Waals surface area (Å²) in [5.74, 6) is 0.801. The summed E-state index contributed by atoms with van der Waals surface area (Å²) >= 11 is 0. The number of urea groups is 1. The molecule has 0 aliphatic heterocycles. The molecule has 1 aliphatic carbocycles. The lowest BCUT2D eigenvalue weighted by Gasteiger charge is -2.23. The molecule has 2 rings (SSSR count). The fourth-order valence-electron chi connectivity index (χ4n) is 2.72. The smallest absolute Gasteiger partial charge is 0.315 e. The molecular weight excluding hydrogens is 280 g/mol. The van der Waals surface area contributed by atoms with Crippen LogP contribution in [-0.4, -0.2) is 35.9 Å². The number of ether oxygens (including phenoxy) is 1. The number of rotatable bonds is 6. The molecule has 1 aromatic carbocycles. The van der Waals surface area contributed by atoms with E-state index in [0.29, 0.717) is 13.1 Å². The number of hydrogen-bond donors (Lipinski definition) is 3. The van der Waals surface area contributed by atoms with E-state index in [-0.39, 0.29) is 12.1 Å². The van der Waals surface area contributed by atoms with E-state index in [1.807, 2.05) is 38.1 Å². The molecule has 1 aliphatic rings. The largest absolute Gasteiger partial charge is 0.489 e. The Morgan fingerprint density at radius 1 is 1.36 bits per heavy atom. The normalized spacial score (nSPS) is 17.8. The average molecular weight is 306 g/mol. The minimum atomic E-state index is -0.721. The van der Waals surface area contributed by atoms with E-state index in [2.05, 4.69) is 10.6 Å². The van der Waals surface area contributed by atoms with Gasteiger partial charge in [0.15, 0.2) is 0 Å². The van der Waals surface area contributed by atoms with Crippen molar-refractivity contribution in [2.24, 2.45) is 0 Å². The summed E-state index contributed by atoms with van der Waals surface area (Å²) in [5.41, 5.74) is 0.418. The number of benzene rings is 1. The van der Waals surface area contributed by atoms with Crippen LogP contribution in [-0.2, 0) is 0 Å². The standard InChI is InChI=1S/C17H26N2O3/c1-13-6-5-7-15(10-13)22-14(2)11-18-16(20)19-12-17(21)8-3-4-9-17/h5-7,10,14,21H,3-4,8-9,11-12H2,1-2H3,(H2,18,19,20). The summed E-state index contributed by atoms with van der Waals surface area (Å²) in [6.07, 6.45) is 3.46. The number of carbonyl (C=O) groups excluding carboxylic acids is 1. The van der Waals surface area contributed by atoms with Crippen molar-refractivity contribution in [3.05, 3.63) is 29.8 Å². The number of carbonyl (C=O) groups is 1. The summed E-state index contributed by atoms with van der Waals surface area (Å²) in [6.45, 7) is 4.65. The predicted octanol–water partition coefficient (Wildman–Crippen LogP) is 2.37. The molecule has 1 aromatic rings. The quantitative estimate of drug-likeness (QED) is 0.755. The lowest BCUT2D eigenvalue weighted by molar-refractivity contribution is 0.0500. The van der Waals surface area contributed by atoms with Gasteiger partial charge in [0.25, 0.3) is 0 Å². The van der Waals surface area contributed by atoms with E-state index < -0.39 is 5.60 Å². The number of aliphatic hydroxyl groups is 1. The number of nitrogens with one attached hydrogen (secondary N) is 2. The molecule has 1 fully saturated rings. The highest BCUT2D eigenvalue weighted by atomic mass is 16.5. The minimum absolute atomic E-state index is 0.123. The third-order valence-corrected chi connectivity index (χ3v) is 3.99. The SMILES string of the molecule is Cc1cccc(OC(C)CNC(=O)NCC2(O)CCCC2)c1. The number of amides is 2. The Labute approximate surface area is 132 Å². The first kappa shape index (κ1) is 16.6. The van der Waals surface area contributed by atoms with Crippen molar-refractivity contribution < 1.29 is 14.6 Å². The second-order valence-corrected chi connectivity index (χ2v) is 6.24. The molecule has 0 aromatic heterocycles. The second-order valence-electron chi connectivity index (χ2n) is 6.24. The maximum absolute atomic E-state index is 11.8. The highest BCUT2D eigenvalue weighted by Crippen LogP contribution is 2.28. The Kier molecular flexibility index (Phi) is 5.66. The molecule has 2 amide bonds. The first-order valence-corrected chi connectivity index (χ1v) is 7.94. The van der Waals surface area contributed by atoms with Gasteiger partial charge in [0.2, 0.25) is 0 Å². The van der Waals surface area contributed by atoms with E-state index in [1.165, 1.54) is 0 Å². The molecule has 22 heavy (non-hydrogen) atoms. The first-order valence-electron chi connectivity index (χ1n) is 7.94. The zero-order valence-electron chi connectivity index (χ0n) is 13.4. The minimum Gasteiger partial charge on any atom is -0.489 e. The Bertz CT molecular complexity index is 498. The van der Waals surface area contributed by atoms with Crippen molar-refractivity contribution >= 4 is 6.03 Å². The zero-order valence-corrected chi connectivity index (χ0v) is 13.4. The summed E-state index contributed by atoms with van der Waals surface area (Å²) in [7, 11) is 0. The van der Waals surface area contributed by atoms with E-state index in [9.17, 15) is 9.90 Å². The van der Waals surface area contributed by atoms with Gasteiger partial charge < -0.3 is 20.5 Å². The van der Waals surface area contributed by atoms with Crippen LogP contribution in [0.2, 0.25) is 0 Å². The Morgan fingerprint density at radius 2 is 2.09 bits per heavy atom. The van der Waals surface area contributed by atoms with Crippen molar-refractivity contribution in [2.75, 3.05) is 13.1 Å². The molecule has 0 saturated heterocycles. The van der Waals surface area contributed by atoms with Crippen LogP contribution in [0.1, 0.15) is 38.2 Å². The molecule has 0 bridgehead atoms.